The molecule has 5 nitrogen and oxygen atoms in total. The van der Waals surface area contributed by atoms with Gasteiger partial charge < -0.3 is 15.7 Å². The first kappa shape index (κ1) is 17.8. The number of likely N-dealkylation sites (tertiary alicyclic amines) is 1. The lowest BCUT2D eigenvalue weighted by Gasteiger charge is -2.31. The number of aliphatic hydroxyl groups is 1. The maximum absolute atomic E-state index is 12.9. The van der Waals surface area contributed by atoms with Crippen LogP contribution in [0, 0.1) is 5.82 Å². The Labute approximate surface area is 136 Å². The second kappa shape index (κ2) is 7.86. The van der Waals surface area contributed by atoms with Crippen molar-refractivity contribution in [1.29, 1.82) is 0 Å². The minimum atomic E-state index is -0.807. The number of nitrogens with two attached hydrogens (primary N) is 1. The van der Waals surface area contributed by atoms with E-state index in [2.05, 4.69) is 0 Å². The molecule has 0 aromatic heterocycles. The van der Waals surface area contributed by atoms with Crippen LogP contribution in [-0.4, -0.2) is 59.6 Å². The van der Waals surface area contributed by atoms with Gasteiger partial charge >= 0.3 is 0 Å². The van der Waals surface area contributed by atoms with E-state index < -0.39 is 5.60 Å². The normalized spacial score (nSPS) is 22.2. The number of likely N-dealkylation sites (N-methyl/N-ethyl adjacent to an activating group) is 1. The number of amides is 1. The van der Waals surface area contributed by atoms with E-state index in [1.165, 1.54) is 12.1 Å². The summed E-state index contributed by atoms with van der Waals surface area (Å²) < 4.78 is 12.9. The highest BCUT2D eigenvalue weighted by atomic mass is 19.1. The lowest BCUT2D eigenvalue weighted by molar-refractivity contribution is -0.129. The molecule has 1 heterocycles. The number of rotatable bonds is 5. The Bertz CT molecular complexity index is 523. The fourth-order valence-electron chi connectivity index (χ4n) is 3.18. The predicted molar refractivity (Wildman–Crippen MR) is 87.2 cm³/mol. The minimum absolute atomic E-state index is 0.0168. The van der Waals surface area contributed by atoms with E-state index in [0.717, 1.165) is 12.0 Å². The van der Waals surface area contributed by atoms with Crippen molar-refractivity contribution in [3.05, 3.63) is 35.6 Å². The molecule has 1 fully saturated rings. The zero-order valence-corrected chi connectivity index (χ0v) is 13.7. The number of halogens is 1. The summed E-state index contributed by atoms with van der Waals surface area (Å²) in [6.07, 6.45) is 1.98. The Morgan fingerprint density at radius 3 is 2.70 bits per heavy atom. The van der Waals surface area contributed by atoms with Crippen LogP contribution in [0.15, 0.2) is 24.3 Å². The molecular weight excluding hydrogens is 297 g/mol. The van der Waals surface area contributed by atoms with E-state index in [1.807, 2.05) is 11.9 Å². The van der Waals surface area contributed by atoms with Gasteiger partial charge in [-0.25, -0.2) is 4.39 Å². The Hall–Kier alpha value is -1.50. The monoisotopic (exact) mass is 323 g/mol. The third-order valence-electron chi connectivity index (χ3n) is 4.37. The van der Waals surface area contributed by atoms with Crippen LogP contribution < -0.4 is 5.73 Å². The molecule has 1 saturated heterocycles. The average Bonchev–Trinajstić information content (AvgIpc) is 2.70. The fraction of sp³-hybridized carbons (Fsp3) is 0.588. The summed E-state index contributed by atoms with van der Waals surface area (Å²) in [5.74, 6) is -0.308. The van der Waals surface area contributed by atoms with E-state index in [0.29, 0.717) is 39.0 Å². The molecule has 0 bridgehead atoms. The van der Waals surface area contributed by atoms with Gasteiger partial charge in [0, 0.05) is 26.2 Å². The third-order valence-corrected chi connectivity index (χ3v) is 4.37. The van der Waals surface area contributed by atoms with Gasteiger partial charge in [0.05, 0.1) is 12.1 Å². The van der Waals surface area contributed by atoms with Crippen LogP contribution in [0.5, 0.6) is 0 Å². The van der Waals surface area contributed by atoms with E-state index in [4.69, 9.17) is 5.73 Å². The fourth-order valence-corrected chi connectivity index (χ4v) is 3.18. The minimum Gasteiger partial charge on any atom is -0.388 e. The molecule has 6 heteroatoms. The van der Waals surface area contributed by atoms with Gasteiger partial charge in [-0.05, 0) is 44.0 Å². The van der Waals surface area contributed by atoms with Crippen LogP contribution in [-0.2, 0) is 11.3 Å². The average molecular weight is 323 g/mol. The van der Waals surface area contributed by atoms with Crippen LogP contribution in [0.25, 0.3) is 0 Å². The van der Waals surface area contributed by atoms with Crippen LogP contribution >= 0.6 is 0 Å². The molecule has 1 aromatic carbocycles. The molecule has 0 aliphatic carbocycles. The highest BCUT2D eigenvalue weighted by Crippen LogP contribution is 2.24. The molecule has 1 atom stereocenters. The first-order valence-corrected chi connectivity index (χ1v) is 8.05. The molecule has 1 aliphatic rings. The quantitative estimate of drug-likeness (QED) is 0.847. The van der Waals surface area contributed by atoms with Crippen molar-refractivity contribution in [2.24, 2.45) is 5.73 Å². The Balaban J connectivity index is 1.90. The van der Waals surface area contributed by atoms with Gasteiger partial charge in [-0.3, -0.25) is 9.69 Å². The number of carbonyl (C=O) groups excluding carboxylic acids is 1. The predicted octanol–water partition coefficient (Wildman–Crippen LogP) is 0.960. The summed E-state index contributed by atoms with van der Waals surface area (Å²) in [6.45, 7) is 2.38. The van der Waals surface area contributed by atoms with E-state index in [9.17, 15) is 14.3 Å². The van der Waals surface area contributed by atoms with Gasteiger partial charge in [0.15, 0.2) is 0 Å². The molecule has 2 rings (SSSR count). The first-order valence-electron chi connectivity index (χ1n) is 8.05. The molecule has 0 spiro atoms. The summed E-state index contributed by atoms with van der Waals surface area (Å²) in [5, 5.41) is 10.8. The summed E-state index contributed by atoms with van der Waals surface area (Å²) in [5.41, 5.74) is 5.61. The van der Waals surface area contributed by atoms with Gasteiger partial charge in [-0.1, -0.05) is 12.1 Å². The van der Waals surface area contributed by atoms with Gasteiger partial charge in [-0.15, -0.1) is 0 Å². The Morgan fingerprint density at radius 1 is 1.35 bits per heavy atom. The molecule has 0 saturated carbocycles. The molecule has 23 heavy (non-hydrogen) atoms. The first-order chi connectivity index (χ1) is 10.9. The Morgan fingerprint density at radius 2 is 2.04 bits per heavy atom. The summed E-state index contributed by atoms with van der Waals surface area (Å²) in [6, 6.07) is 6.40. The lowest BCUT2D eigenvalue weighted by atomic mass is 9.94. The number of carbonyl (C=O) groups is 1. The van der Waals surface area contributed by atoms with Gasteiger partial charge in [0.2, 0.25) is 5.91 Å². The van der Waals surface area contributed by atoms with E-state index >= 15 is 0 Å². The highest BCUT2D eigenvalue weighted by Gasteiger charge is 2.32. The van der Waals surface area contributed by atoms with Crippen LogP contribution in [0.1, 0.15) is 24.8 Å². The van der Waals surface area contributed by atoms with Crippen LogP contribution in [0.4, 0.5) is 4.39 Å². The smallest absolute Gasteiger partial charge is 0.236 e. The number of hydrogen-bond donors (Lipinski definition) is 2. The zero-order chi connectivity index (χ0) is 16.9. The topological polar surface area (TPSA) is 69.8 Å². The standard InChI is InChI=1S/C17H26FN3O2/c1-20(12-14-3-5-15(18)6-4-14)13-17(23)7-2-9-21(10-8-17)16(22)11-19/h3-6,23H,2,7-13,19H2,1H3/t17-/m0/s1. The van der Waals surface area contributed by atoms with E-state index in [1.54, 1.807) is 17.0 Å². The van der Waals surface area contributed by atoms with Crippen LogP contribution in [0.2, 0.25) is 0 Å². The van der Waals surface area contributed by atoms with Gasteiger partial charge in [0.1, 0.15) is 5.82 Å². The number of benzene rings is 1. The zero-order valence-electron chi connectivity index (χ0n) is 13.7. The SMILES string of the molecule is CN(Cc1ccc(F)cc1)C[C@]1(O)CCCN(C(=O)CN)CC1. The van der Waals surface area contributed by atoms with Gasteiger partial charge in [0.25, 0.3) is 0 Å². The lowest BCUT2D eigenvalue weighted by Crippen LogP contribution is -2.43. The van der Waals surface area contributed by atoms with Crippen molar-refractivity contribution in [3.63, 3.8) is 0 Å². The molecule has 3 N–H and O–H groups in total. The molecule has 128 valence electrons. The second-order valence-corrected chi connectivity index (χ2v) is 6.46. The van der Waals surface area contributed by atoms with Crippen molar-refractivity contribution < 1.29 is 14.3 Å². The maximum atomic E-state index is 12.9. The molecular formula is C17H26FN3O2. The van der Waals surface area contributed by atoms with E-state index in [-0.39, 0.29) is 18.3 Å². The second-order valence-electron chi connectivity index (χ2n) is 6.46. The summed E-state index contributed by atoms with van der Waals surface area (Å²) >= 11 is 0. The molecule has 1 aliphatic heterocycles. The largest absolute Gasteiger partial charge is 0.388 e. The van der Waals surface area contributed by atoms with Crippen molar-refractivity contribution >= 4 is 5.91 Å². The molecule has 0 radical (unpaired) electrons. The number of nitrogens with zero attached hydrogens (tertiary/aromatic N) is 2. The van der Waals surface area contributed by atoms with Crippen molar-refractivity contribution in [1.82, 2.24) is 9.80 Å². The van der Waals surface area contributed by atoms with Crippen molar-refractivity contribution in [3.8, 4) is 0 Å². The van der Waals surface area contributed by atoms with Gasteiger partial charge in [-0.2, -0.15) is 0 Å². The molecule has 1 amide bonds. The van der Waals surface area contributed by atoms with Crippen molar-refractivity contribution in [2.75, 3.05) is 33.2 Å². The molecule has 1 aromatic rings. The Kier molecular flexibility index (Phi) is 6.10. The van der Waals surface area contributed by atoms with Crippen LogP contribution in [0.3, 0.4) is 0 Å². The highest BCUT2D eigenvalue weighted by molar-refractivity contribution is 5.78. The van der Waals surface area contributed by atoms with Crippen molar-refractivity contribution in [2.45, 2.75) is 31.4 Å². The number of hydrogen-bond acceptors (Lipinski definition) is 4. The third kappa shape index (κ3) is 5.27. The molecule has 0 unspecified atom stereocenters. The maximum Gasteiger partial charge on any atom is 0.236 e. The summed E-state index contributed by atoms with van der Waals surface area (Å²) in [7, 11) is 1.94. The summed E-state index contributed by atoms with van der Waals surface area (Å²) in [4.78, 5) is 15.5.